The Labute approximate surface area is 336 Å². The lowest BCUT2D eigenvalue weighted by atomic mass is 9.55. The molecule has 1 fully saturated rings. The van der Waals surface area contributed by atoms with Crippen molar-refractivity contribution in [2.24, 2.45) is 23.7 Å². The summed E-state index contributed by atoms with van der Waals surface area (Å²) in [6.45, 7) is 0.362. The first kappa shape index (κ1) is 39.1. The Morgan fingerprint density at radius 3 is 0.914 bits per heavy atom. The number of carbonyl (C=O) groups is 4. The predicted octanol–water partition coefficient (Wildman–Crippen LogP) is 8.68. The summed E-state index contributed by atoms with van der Waals surface area (Å²) in [6, 6.07) is 51.5. The molecule has 2 amide bonds. The largest absolute Gasteiger partial charge is 0.481 e. The highest BCUT2D eigenvalue weighted by Crippen LogP contribution is 2.49. The van der Waals surface area contributed by atoms with E-state index < -0.39 is 47.4 Å². The van der Waals surface area contributed by atoms with Gasteiger partial charge in [0.15, 0.2) is 0 Å². The highest BCUT2D eigenvalue weighted by molar-refractivity contribution is 5.99. The number of benzene rings is 6. The van der Waals surface area contributed by atoms with Gasteiger partial charge in [0, 0.05) is 26.2 Å². The number of rotatable bonds is 16. The van der Waals surface area contributed by atoms with Crippen LogP contribution in [0.4, 0.5) is 0 Å². The summed E-state index contributed by atoms with van der Waals surface area (Å²) in [4.78, 5) is 58.3. The van der Waals surface area contributed by atoms with E-state index in [9.17, 15) is 29.4 Å². The minimum atomic E-state index is -1.62. The number of hydrogen-bond donors (Lipinski definition) is 2. The molecule has 0 radical (unpaired) electrons. The van der Waals surface area contributed by atoms with Crippen LogP contribution in [0.1, 0.15) is 22.3 Å². The summed E-state index contributed by atoms with van der Waals surface area (Å²) in [5, 5.41) is 20.9. The number of ether oxygens (including phenoxy) is 2. The van der Waals surface area contributed by atoms with E-state index in [1.54, 1.807) is 24.3 Å². The van der Waals surface area contributed by atoms with Gasteiger partial charge in [-0.15, -0.1) is 0 Å². The summed E-state index contributed by atoms with van der Waals surface area (Å²) < 4.78 is 11.9. The minimum absolute atomic E-state index is 0.0754. The van der Waals surface area contributed by atoms with Crippen LogP contribution in [0.25, 0.3) is 0 Å². The van der Waals surface area contributed by atoms with E-state index in [1.165, 1.54) is 9.80 Å². The second-order valence-corrected chi connectivity index (χ2v) is 14.3. The van der Waals surface area contributed by atoms with Crippen LogP contribution < -0.4 is 9.47 Å². The topological polar surface area (TPSA) is 134 Å². The molecule has 58 heavy (non-hydrogen) atoms. The standard InChI is InChI=1S/C48H42N2O8/c51-45(49(29-33-13-5-1-6-14-33)31-35-21-25-39(26-22-35)57-37-17-9-3-10-18-37)41-42(44(48(55)56)43(41)47(53)54)46(52)50(30-34-15-7-2-8-16-34)32-36-23-27-40(28-24-36)58-38-19-11-4-12-20-38/h1-28,41-44H,29-32H2,(H,53,54)(H,55,56)/t41-,42-,43-,44-/m0/s1. The lowest BCUT2D eigenvalue weighted by molar-refractivity contribution is -0.188. The minimum Gasteiger partial charge on any atom is -0.481 e. The molecule has 1 aliphatic rings. The summed E-state index contributed by atoms with van der Waals surface area (Å²) in [7, 11) is 0. The molecule has 1 aliphatic carbocycles. The molecule has 0 heterocycles. The zero-order valence-corrected chi connectivity index (χ0v) is 31.5. The van der Waals surface area contributed by atoms with Crippen LogP contribution in [0.2, 0.25) is 0 Å². The average molecular weight is 775 g/mol. The number of para-hydroxylation sites is 2. The third kappa shape index (κ3) is 9.42. The van der Waals surface area contributed by atoms with Crippen molar-refractivity contribution in [2.75, 3.05) is 0 Å². The maximum absolute atomic E-state index is 14.8. The van der Waals surface area contributed by atoms with Gasteiger partial charge >= 0.3 is 11.9 Å². The van der Waals surface area contributed by atoms with Crippen LogP contribution in [-0.4, -0.2) is 43.8 Å². The van der Waals surface area contributed by atoms with E-state index in [0.29, 0.717) is 23.0 Å². The number of carboxylic acids is 2. The van der Waals surface area contributed by atoms with Crippen LogP contribution in [0.5, 0.6) is 23.0 Å². The van der Waals surface area contributed by atoms with E-state index in [0.717, 1.165) is 22.3 Å². The summed E-state index contributed by atoms with van der Waals surface area (Å²) in [5.41, 5.74) is 3.04. The third-order valence-corrected chi connectivity index (χ3v) is 10.3. The molecule has 0 unspecified atom stereocenters. The molecular weight excluding hydrogens is 733 g/mol. The molecule has 2 N–H and O–H groups in total. The summed E-state index contributed by atoms with van der Waals surface area (Å²) in [6.07, 6.45) is 0. The van der Waals surface area contributed by atoms with Gasteiger partial charge in [-0.1, -0.05) is 121 Å². The zero-order valence-electron chi connectivity index (χ0n) is 31.5. The summed E-state index contributed by atoms with van der Waals surface area (Å²) in [5.74, 6) is -7.71. The fraction of sp³-hybridized carbons (Fsp3) is 0.167. The smallest absolute Gasteiger partial charge is 0.308 e. The van der Waals surface area contributed by atoms with Gasteiger partial charge in [-0.3, -0.25) is 19.2 Å². The molecule has 0 saturated heterocycles. The molecule has 1 saturated carbocycles. The van der Waals surface area contributed by atoms with E-state index in [2.05, 4.69) is 0 Å². The average Bonchev–Trinajstić information content (AvgIpc) is 3.22. The van der Waals surface area contributed by atoms with Gasteiger partial charge < -0.3 is 29.5 Å². The maximum Gasteiger partial charge on any atom is 0.308 e. The lowest BCUT2D eigenvalue weighted by Crippen LogP contribution is -2.64. The quantitative estimate of drug-likeness (QED) is 0.0999. The predicted molar refractivity (Wildman–Crippen MR) is 217 cm³/mol. The van der Waals surface area contributed by atoms with Crippen molar-refractivity contribution in [1.29, 1.82) is 0 Å². The second-order valence-electron chi connectivity index (χ2n) is 14.3. The van der Waals surface area contributed by atoms with Crippen LogP contribution in [0.15, 0.2) is 170 Å². The zero-order chi connectivity index (χ0) is 40.4. The molecule has 10 heteroatoms. The third-order valence-electron chi connectivity index (χ3n) is 10.3. The van der Waals surface area contributed by atoms with Crippen LogP contribution >= 0.6 is 0 Å². The summed E-state index contributed by atoms with van der Waals surface area (Å²) >= 11 is 0. The Bertz CT molecular complexity index is 2140. The number of aliphatic carboxylic acids is 2. The molecule has 0 aliphatic heterocycles. The normalized spacial score (nSPS) is 17.0. The van der Waals surface area contributed by atoms with E-state index in [1.807, 2.05) is 146 Å². The van der Waals surface area contributed by atoms with Gasteiger partial charge in [-0.2, -0.15) is 0 Å². The van der Waals surface area contributed by atoms with Crippen molar-refractivity contribution >= 4 is 23.8 Å². The highest BCUT2D eigenvalue weighted by Gasteiger charge is 2.65. The van der Waals surface area contributed by atoms with Crippen LogP contribution in [-0.2, 0) is 45.4 Å². The molecule has 0 bridgehead atoms. The fourth-order valence-corrected chi connectivity index (χ4v) is 7.45. The van der Waals surface area contributed by atoms with Crippen molar-refractivity contribution < 1.29 is 38.9 Å². The molecular formula is C48H42N2O8. The number of nitrogens with zero attached hydrogens (tertiary/aromatic N) is 2. The molecule has 292 valence electrons. The van der Waals surface area contributed by atoms with Gasteiger partial charge in [0.2, 0.25) is 11.8 Å². The number of amides is 2. The van der Waals surface area contributed by atoms with E-state index in [4.69, 9.17) is 9.47 Å². The van der Waals surface area contributed by atoms with Gasteiger partial charge in [0.25, 0.3) is 0 Å². The lowest BCUT2D eigenvalue weighted by Gasteiger charge is -2.48. The first-order chi connectivity index (χ1) is 28.2. The number of hydrogen-bond acceptors (Lipinski definition) is 6. The molecule has 0 aromatic heterocycles. The SMILES string of the molecule is O=C(O)[C@@H]1[C@@H](C(=O)O)[C@@H](C(=O)N(Cc2ccccc2)Cc2ccc(Oc3ccccc3)cc2)[C@@H]1C(=O)N(Cc1ccccc1)Cc1ccc(Oc2ccccc2)cc1. The van der Waals surface area contributed by atoms with Crippen molar-refractivity contribution in [1.82, 2.24) is 9.80 Å². The first-order valence-electron chi connectivity index (χ1n) is 19.0. The van der Waals surface area contributed by atoms with E-state index in [-0.39, 0.29) is 26.2 Å². The highest BCUT2D eigenvalue weighted by atomic mass is 16.5. The number of carbonyl (C=O) groups excluding carboxylic acids is 2. The maximum atomic E-state index is 14.8. The van der Waals surface area contributed by atoms with Crippen LogP contribution in [0, 0.1) is 23.7 Å². The first-order valence-corrected chi connectivity index (χ1v) is 19.0. The van der Waals surface area contributed by atoms with Crippen molar-refractivity contribution in [3.05, 3.63) is 192 Å². The molecule has 0 spiro atoms. The van der Waals surface area contributed by atoms with Gasteiger partial charge in [0.1, 0.15) is 23.0 Å². The van der Waals surface area contributed by atoms with Crippen LogP contribution in [0.3, 0.4) is 0 Å². The Morgan fingerprint density at radius 1 is 0.362 bits per heavy atom. The van der Waals surface area contributed by atoms with Crippen molar-refractivity contribution in [2.45, 2.75) is 26.2 Å². The van der Waals surface area contributed by atoms with Crippen molar-refractivity contribution in [3.8, 4) is 23.0 Å². The molecule has 6 aromatic rings. The molecule has 7 rings (SSSR count). The number of carboxylic acid groups (broad SMARTS) is 2. The molecule has 10 nitrogen and oxygen atoms in total. The fourth-order valence-electron chi connectivity index (χ4n) is 7.45. The Hall–Kier alpha value is -7.20. The van der Waals surface area contributed by atoms with Gasteiger partial charge in [-0.25, -0.2) is 0 Å². The Kier molecular flexibility index (Phi) is 12.2. The molecule has 4 atom stereocenters. The van der Waals surface area contributed by atoms with Gasteiger partial charge in [0.05, 0.1) is 23.7 Å². The second kappa shape index (κ2) is 18.2. The monoisotopic (exact) mass is 774 g/mol. The van der Waals surface area contributed by atoms with E-state index >= 15 is 0 Å². The molecule has 6 aromatic carbocycles. The van der Waals surface area contributed by atoms with Crippen molar-refractivity contribution in [3.63, 3.8) is 0 Å². The Morgan fingerprint density at radius 2 is 0.621 bits per heavy atom. The Balaban J connectivity index is 1.18. The van der Waals surface area contributed by atoms with Gasteiger partial charge in [-0.05, 0) is 70.8 Å².